The number of aliphatic hydroxyl groups excluding tert-OH is 1. The Hall–Kier alpha value is -0.540. The van der Waals surface area contributed by atoms with Crippen LogP contribution in [0.3, 0.4) is 0 Å². The van der Waals surface area contributed by atoms with Crippen LogP contribution in [-0.4, -0.2) is 18.2 Å². The highest BCUT2D eigenvalue weighted by Gasteiger charge is 2.23. The molecule has 2 nitrogen and oxygen atoms in total. The quantitative estimate of drug-likeness (QED) is 0.919. The van der Waals surface area contributed by atoms with E-state index in [1.807, 2.05) is 13.0 Å². The molecule has 0 bridgehead atoms. The molecule has 1 N–H and O–H groups in total. The van der Waals surface area contributed by atoms with E-state index in [2.05, 4.69) is 39.9 Å². The maximum Gasteiger partial charge on any atom is 0.0782 e. The number of nitrogens with zero attached hydrogens (tertiary/aromatic N) is 1. The van der Waals surface area contributed by atoms with Crippen molar-refractivity contribution in [1.82, 2.24) is 0 Å². The van der Waals surface area contributed by atoms with E-state index in [0.29, 0.717) is 0 Å². The van der Waals surface area contributed by atoms with Gasteiger partial charge >= 0.3 is 0 Å². The molecular formula is C14H20BrNO. The van der Waals surface area contributed by atoms with Crippen LogP contribution in [0.2, 0.25) is 0 Å². The molecule has 2 rings (SSSR count). The van der Waals surface area contributed by atoms with Crippen molar-refractivity contribution in [3.63, 3.8) is 0 Å². The van der Waals surface area contributed by atoms with Crippen LogP contribution in [0.4, 0.5) is 5.69 Å². The van der Waals surface area contributed by atoms with Crippen LogP contribution in [0.1, 0.15) is 38.4 Å². The standard InChI is InChI=1S/C14H20BrNO/c1-3-11-6-7-16(9-11)14-5-4-12(15)8-13(14)10(2)17/h4-5,8,10-11,17H,3,6-7,9H2,1-2H3. The van der Waals surface area contributed by atoms with Gasteiger partial charge in [0, 0.05) is 28.8 Å². The van der Waals surface area contributed by atoms with Crippen LogP contribution >= 0.6 is 15.9 Å². The van der Waals surface area contributed by atoms with Crippen LogP contribution in [0.15, 0.2) is 22.7 Å². The molecule has 2 unspecified atom stereocenters. The molecule has 2 atom stereocenters. The van der Waals surface area contributed by atoms with E-state index in [0.717, 1.165) is 29.0 Å². The van der Waals surface area contributed by atoms with Gasteiger partial charge in [0.25, 0.3) is 0 Å². The van der Waals surface area contributed by atoms with E-state index in [4.69, 9.17) is 0 Å². The predicted molar refractivity (Wildman–Crippen MR) is 75.4 cm³/mol. The third-order valence-electron chi connectivity index (χ3n) is 3.64. The molecule has 0 spiro atoms. The van der Waals surface area contributed by atoms with Crippen molar-refractivity contribution in [1.29, 1.82) is 0 Å². The Balaban J connectivity index is 2.26. The SMILES string of the molecule is CCC1CCN(c2ccc(Br)cc2C(C)O)C1. The number of aliphatic hydroxyl groups is 1. The van der Waals surface area contributed by atoms with Gasteiger partial charge in [-0.3, -0.25) is 0 Å². The van der Waals surface area contributed by atoms with Crippen molar-refractivity contribution in [2.45, 2.75) is 32.8 Å². The Morgan fingerprint density at radius 2 is 2.29 bits per heavy atom. The first-order chi connectivity index (χ1) is 8.11. The topological polar surface area (TPSA) is 23.5 Å². The van der Waals surface area contributed by atoms with Crippen molar-refractivity contribution in [2.24, 2.45) is 5.92 Å². The van der Waals surface area contributed by atoms with Gasteiger partial charge in [-0.25, -0.2) is 0 Å². The van der Waals surface area contributed by atoms with Crippen molar-refractivity contribution in [3.05, 3.63) is 28.2 Å². The van der Waals surface area contributed by atoms with Crippen molar-refractivity contribution in [3.8, 4) is 0 Å². The Morgan fingerprint density at radius 1 is 1.53 bits per heavy atom. The predicted octanol–water partition coefficient (Wildman–Crippen LogP) is 3.74. The molecule has 0 amide bonds. The van der Waals surface area contributed by atoms with Gasteiger partial charge in [0.1, 0.15) is 0 Å². The summed E-state index contributed by atoms with van der Waals surface area (Å²) in [6.07, 6.45) is 2.10. The number of benzene rings is 1. The first kappa shape index (κ1) is 12.9. The Labute approximate surface area is 112 Å². The first-order valence-corrected chi connectivity index (χ1v) is 7.13. The van der Waals surface area contributed by atoms with Crippen LogP contribution < -0.4 is 4.90 Å². The first-order valence-electron chi connectivity index (χ1n) is 6.34. The summed E-state index contributed by atoms with van der Waals surface area (Å²) in [6.45, 7) is 6.32. The summed E-state index contributed by atoms with van der Waals surface area (Å²) < 4.78 is 1.03. The number of halogens is 1. The largest absolute Gasteiger partial charge is 0.389 e. The summed E-state index contributed by atoms with van der Waals surface area (Å²) in [7, 11) is 0. The summed E-state index contributed by atoms with van der Waals surface area (Å²) in [4.78, 5) is 2.41. The molecule has 0 saturated carbocycles. The number of hydrogen-bond acceptors (Lipinski definition) is 2. The van der Waals surface area contributed by atoms with Crippen LogP contribution in [0.5, 0.6) is 0 Å². The summed E-state index contributed by atoms with van der Waals surface area (Å²) in [5.41, 5.74) is 2.22. The zero-order valence-corrected chi connectivity index (χ0v) is 12.1. The molecule has 1 saturated heterocycles. The number of rotatable bonds is 3. The monoisotopic (exact) mass is 297 g/mol. The molecule has 0 radical (unpaired) electrons. The fraction of sp³-hybridized carbons (Fsp3) is 0.571. The van der Waals surface area contributed by atoms with Gasteiger partial charge in [-0.1, -0.05) is 29.3 Å². The fourth-order valence-electron chi connectivity index (χ4n) is 2.53. The van der Waals surface area contributed by atoms with E-state index >= 15 is 0 Å². The van der Waals surface area contributed by atoms with E-state index in [9.17, 15) is 5.11 Å². The average Bonchev–Trinajstić information content (AvgIpc) is 2.77. The van der Waals surface area contributed by atoms with Crippen LogP contribution in [0, 0.1) is 5.92 Å². The summed E-state index contributed by atoms with van der Waals surface area (Å²) in [6, 6.07) is 6.20. The second-order valence-corrected chi connectivity index (χ2v) is 5.80. The van der Waals surface area contributed by atoms with Crippen LogP contribution in [-0.2, 0) is 0 Å². The van der Waals surface area contributed by atoms with E-state index in [1.54, 1.807) is 0 Å². The molecule has 0 aliphatic carbocycles. The number of hydrogen-bond donors (Lipinski definition) is 1. The Kier molecular flexibility index (Phi) is 4.10. The lowest BCUT2D eigenvalue weighted by molar-refractivity contribution is 0.199. The third-order valence-corrected chi connectivity index (χ3v) is 4.14. The molecule has 3 heteroatoms. The smallest absolute Gasteiger partial charge is 0.0782 e. The highest BCUT2D eigenvalue weighted by Crippen LogP contribution is 2.33. The van der Waals surface area contributed by atoms with Gasteiger partial charge in [0.05, 0.1) is 6.10 Å². The van der Waals surface area contributed by atoms with Crippen molar-refractivity contribution in [2.75, 3.05) is 18.0 Å². The van der Waals surface area contributed by atoms with Gasteiger partial charge < -0.3 is 10.0 Å². The second kappa shape index (κ2) is 5.40. The highest BCUT2D eigenvalue weighted by atomic mass is 79.9. The minimum atomic E-state index is -0.414. The minimum Gasteiger partial charge on any atom is -0.389 e. The Bertz CT molecular complexity index is 392. The number of anilines is 1. The van der Waals surface area contributed by atoms with E-state index in [1.165, 1.54) is 18.5 Å². The molecule has 1 aliphatic rings. The Morgan fingerprint density at radius 3 is 2.88 bits per heavy atom. The minimum absolute atomic E-state index is 0.414. The zero-order chi connectivity index (χ0) is 12.4. The van der Waals surface area contributed by atoms with Crippen molar-refractivity contribution < 1.29 is 5.11 Å². The molecule has 0 aromatic heterocycles. The molecule has 1 aromatic carbocycles. The highest BCUT2D eigenvalue weighted by molar-refractivity contribution is 9.10. The van der Waals surface area contributed by atoms with Gasteiger partial charge in [0.15, 0.2) is 0 Å². The molecular weight excluding hydrogens is 278 g/mol. The van der Waals surface area contributed by atoms with Gasteiger partial charge in [-0.05, 0) is 37.5 Å². The molecule has 1 heterocycles. The zero-order valence-electron chi connectivity index (χ0n) is 10.5. The molecule has 17 heavy (non-hydrogen) atoms. The maximum absolute atomic E-state index is 9.86. The van der Waals surface area contributed by atoms with E-state index < -0.39 is 6.10 Å². The van der Waals surface area contributed by atoms with E-state index in [-0.39, 0.29) is 0 Å². The summed E-state index contributed by atoms with van der Waals surface area (Å²) >= 11 is 3.47. The molecule has 94 valence electrons. The summed E-state index contributed by atoms with van der Waals surface area (Å²) in [5.74, 6) is 0.806. The third kappa shape index (κ3) is 2.83. The lowest BCUT2D eigenvalue weighted by Crippen LogP contribution is -2.21. The van der Waals surface area contributed by atoms with Gasteiger partial charge in [-0.2, -0.15) is 0 Å². The van der Waals surface area contributed by atoms with Crippen molar-refractivity contribution >= 4 is 21.6 Å². The average molecular weight is 298 g/mol. The normalized spacial score (nSPS) is 21.9. The van der Waals surface area contributed by atoms with Gasteiger partial charge in [-0.15, -0.1) is 0 Å². The molecule has 1 aliphatic heterocycles. The lowest BCUT2D eigenvalue weighted by Gasteiger charge is -2.23. The second-order valence-electron chi connectivity index (χ2n) is 4.89. The fourth-order valence-corrected chi connectivity index (χ4v) is 2.91. The van der Waals surface area contributed by atoms with Gasteiger partial charge in [0.2, 0.25) is 0 Å². The maximum atomic E-state index is 9.86. The summed E-state index contributed by atoms with van der Waals surface area (Å²) in [5, 5.41) is 9.86. The lowest BCUT2D eigenvalue weighted by atomic mass is 10.1. The van der Waals surface area contributed by atoms with Crippen LogP contribution in [0.25, 0.3) is 0 Å². The molecule has 1 aromatic rings. The molecule has 1 fully saturated rings.